The zero-order valence-corrected chi connectivity index (χ0v) is 11.0. The van der Waals surface area contributed by atoms with Crippen LogP contribution >= 0.6 is 0 Å². The van der Waals surface area contributed by atoms with Crippen LogP contribution in [0, 0.1) is 13.8 Å². The molecule has 0 aliphatic rings. The highest BCUT2D eigenvalue weighted by Gasteiger charge is 2.12. The number of likely N-dealkylation sites (N-methyl/N-ethyl adjacent to an activating group) is 1. The summed E-state index contributed by atoms with van der Waals surface area (Å²) in [5.41, 5.74) is 3.92. The van der Waals surface area contributed by atoms with Gasteiger partial charge in [0.05, 0.1) is 19.3 Å². The molecule has 0 spiro atoms. The molecule has 0 saturated heterocycles. The minimum Gasteiger partial charge on any atom is -0.395 e. The minimum absolute atomic E-state index is 0.000119. The smallest absolute Gasteiger partial charge is 0.0609 e. The second-order valence-electron chi connectivity index (χ2n) is 4.68. The SMILES string of the molecule is Cc1ccc(CCN(C)C(CO)CO)c(C)c1. The number of hydrogen-bond donors (Lipinski definition) is 2. The van der Waals surface area contributed by atoms with E-state index >= 15 is 0 Å². The van der Waals surface area contributed by atoms with Gasteiger partial charge in [-0.05, 0) is 38.4 Å². The molecular weight excluding hydrogens is 214 g/mol. The quantitative estimate of drug-likeness (QED) is 0.779. The Morgan fingerprint density at radius 2 is 1.82 bits per heavy atom. The van der Waals surface area contributed by atoms with Crippen molar-refractivity contribution in [3.63, 3.8) is 0 Å². The van der Waals surface area contributed by atoms with Crippen LogP contribution in [0.3, 0.4) is 0 Å². The molecule has 0 amide bonds. The Balaban J connectivity index is 2.55. The number of benzene rings is 1. The van der Waals surface area contributed by atoms with E-state index in [9.17, 15) is 0 Å². The Morgan fingerprint density at radius 1 is 1.18 bits per heavy atom. The highest BCUT2D eigenvalue weighted by Crippen LogP contribution is 2.11. The molecule has 3 heteroatoms. The molecule has 2 N–H and O–H groups in total. The molecule has 0 heterocycles. The highest BCUT2D eigenvalue weighted by atomic mass is 16.3. The molecule has 0 aliphatic heterocycles. The monoisotopic (exact) mass is 237 g/mol. The van der Waals surface area contributed by atoms with Crippen LogP contribution in [0.25, 0.3) is 0 Å². The van der Waals surface area contributed by atoms with E-state index in [4.69, 9.17) is 10.2 Å². The topological polar surface area (TPSA) is 43.7 Å². The fourth-order valence-corrected chi connectivity index (χ4v) is 1.94. The third-order valence-electron chi connectivity index (χ3n) is 3.28. The van der Waals surface area contributed by atoms with Crippen LogP contribution in [0.4, 0.5) is 0 Å². The van der Waals surface area contributed by atoms with Gasteiger partial charge in [0.15, 0.2) is 0 Å². The first kappa shape index (κ1) is 14.2. The van der Waals surface area contributed by atoms with Crippen LogP contribution < -0.4 is 0 Å². The van der Waals surface area contributed by atoms with Gasteiger partial charge in [-0.25, -0.2) is 0 Å². The summed E-state index contributed by atoms with van der Waals surface area (Å²) in [6, 6.07) is 6.31. The van der Waals surface area contributed by atoms with Crippen molar-refractivity contribution in [2.24, 2.45) is 0 Å². The predicted molar refractivity (Wildman–Crippen MR) is 70.2 cm³/mol. The fraction of sp³-hybridized carbons (Fsp3) is 0.571. The van der Waals surface area contributed by atoms with E-state index in [1.54, 1.807) is 0 Å². The Kier molecular flexibility index (Phi) is 5.62. The molecule has 0 saturated carbocycles. The number of aryl methyl sites for hydroxylation is 2. The van der Waals surface area contributed by atoms with Crippen LogP contribution in [0.1, 0.15) is 16.7 Å². The molecule has 1 aromatic carbocycles. The Morgan fingerprint density at radius 3 is 2.35 bits per heavy atom. The Bertz CT molecular complexity index is 348. The maximum Gasteiger partial charge on any atom is 0.0609 e. The average molecular weight is 237 g/mol. The van der Waals surface area contributed by atoms with Gasteiger partial charge in [-0.2, -0.15) is 0 Å². The van der Waals surface area contributed by atoms with Gasteiger partial charge in [-0.1, -0.05) is 23.8 Å². The summed E-state index contributed by atoms with van der Waals surface area (Å²) in [6.07, 6.45) is 0.944. The molecule has 0 aromatic heterocycles. The van der Waals surface area contributed by atoms with E-state index in [2.05, 4.69) is 32.0 Å². The van der Waals surface area contributed by atoms with Gasteiger partial charge in [0.1, 0.15) is 0 Å². The third-order valence-corrected chi connectivity index (χ3v) is 3.28. The summed E-state index contributed by atoms with van der Waals surface area (Å²) in [5, 5.41) is 18.2. The van der Waals surface area contributed by atoms with Gasteiger partial charge in [-0.15, -0.1) is 0 Å². The van der Waals surface area contributed by atoms with E-state index in [1.165, 1.54) is 16.7 Å². The van der Waals surface area contributed by atoms with Gasteiger partial charge in [0, 0.05) is 6.54 Å². The summed E-state index contributed by atoms with van der Waals surface area (Å²) < 4.78 is 0. The number of aliphatic hydroxyl groups excluding tert-OH is 2. The summed E-state index contributed by atoms with van der Waals surface area (Å²) in [5.74, 6) is 0. The van der Waals surface area contributed by atoms with Gasteiger partial charge in [0.2, 0.25) is 0 Å². The molecular formula is C14H23NO2. The molecule has 0 bridgehead atoms. The summed E-state index contributed by atoms with van der Waals surface area (Å²) in [4.78, 5) is 2.00. The molecule has 17 heavy (non-hydrogen) atoms. The fourth-order valence-electron chi connectivity index (χ4n) is 1.94. The number of rotatable bonds is 6. The molecule has 0 fully saturated rings. The van der Waals surface area contributed by atoms with E-state index in [-0.39, 0.29) is 19.3 Å². The van der Waals surface area contributed by atoms with Gasteiger partial charge < -0.3 is 10.2 Å². The lowest BCUT2D eigenvalue weighted by Crippen LogP contribution is -2.38. The van der Waals surface area contributed by atoms with E-state index in [0.717, 1.165) is 13.0 Å². The van der Waals surface area contributed by atoms with Crippen molar-refractivity contribution in [1.29, 1.82) is 0 Å². The van der Waals surface area contributed by atoms with Crippen LogP contribution in [-0.2, 0) is 6.42 Å². The van der Waals surface area contributed by atoms with Crippen molar-refractivity contribution >= 4 is 0 Å². The van der Waals surface area contributed by atoms with Crippen molar-refractivity contribution in [3.05, 3.63) is 34.9 Å². The molecule has 1 aromatic rings. The zero-order chi connectivity index (χ0) is 12.8. The molecule has 0 unspecified atom stereocenters. The molecule has 3 nitrogen and oxygen atoms in total. The van der Waals surface area contributed by atoms with E-state index in [0.29, 0.717) is 0 Å². The lowest BCUT2D eigenvalue weighted by molar-refractivity contribution is 0.0925. The van der Waals surface area contributed by atoms with Crippen LogP contribution in [-0.4, -0.2) is 48.0 Å². The normalized spacial score (nSPS) is 11.5. The summed E-state index contributed by atoms with van der Waals surface area (Å²) in [7, 11) is 1.93. The van der Waals surface area contributed by atoms with Crippen LogP contribution in [0.2, 0.25) is 0 Å². The molecule has 1 rings (SSSR count). The average Bonchev–Trinajstić information content (AvgIpc) is 2.29. The first-order chi connectivity index (χ1) is 8.08. The lowest BCUT2D eigenvalue weighted by Gasteiger charge is -2.24. The van der Waals surface area contributed by atoms with Crippen molar-refractivity contribution in [1.82, 2.24) is 4.90 Å². The second kappa shape index (κ2) is 6.74. The van der Waals surface area contributed by atoms with Gasteiger partial charge in [0.25, 0.3) is 0 Å². The Hall–Kier alpha value is -0.900. The molecule has 0 aliphatic carbocycles. The number of hydrogen-bond acceptors (Lipinski definition) is 3. The largest absolute Gasteiger partial charge is 0.395 e. The zero-order valence-electron chi connectivity index (χ0n) is 11.0. The molecule has 0 radical (unpaired) electrons. The third kappa shape index (κ3) is 4.11. The number of nitrogens with zero attached hydrogens (tertiary/aromatic N) is 1. The van der Waals surface area contributed by atoms with Crippen molar-refractivity contribution in [2.45, 2.75) is 26.3 Å². The standard InChI is InChI=1S/C14H23NO2/c1-11-4-5-13(12(2)8-11)6-7-15(3)14(9-16)10-17/h4-5,8,14,16-17H,6-7,9-10H2,1-3H3. The maximum absolute atomic E-state index is 9.08. The van der Waals surface area contributed by atoms with Crippen molar-refractivity contribution in [3.8, 4) is 0 Å². The molecule has 0 atom stereocenters. The first-order valence-electron chi connectivity index (χ1n) is 6.06. The van der Waals surface area contributed by atoms with Gasteiger partial charge in [-0.3, -0.25) is 4.90 Å². The molecule has 96 valence electrons. The van der Waals surface area contributed by atoms with Crippen molar-refractivity contribution in [2.75, 3.05) is 26.8 Å². The summed E-state index contributed by atoms with van der Waals surface area (Å²) >= 11 is 0. The minimum atomic E-state index is -0.152. The first-order valence-corrected chi connectivity index (χ1v) is 6.06. The summed E-state index contributed by atoms with van der Waals surface area (Å²) in [6.45, 7) is 5.06. The van der Waals surface area contributed by atoms with Crippen LogP contribution in [0.5, 0.6) is 0 Å². The highest BCUT2D eigenvalue weighted by molar-refractivity contribution is 5.30. The predicted octanol–water partition coefficient (Wildman–Crippen LogP) is 1.13. The maximum atomic E-state index is 9.08. The van der Waals surface area contributed by atoms with Gasteiger partial charge >= 0.3 is 0 Å². The Labute approximate surface area is 104 Å². The van der Waals surface area contributed by atoms with E-state index in [1.807, 2.05) is 11.9 Å². The number of aliphatic hydroxyl groups is 2. The van der Waals surface area contributed by atoms with Crippen molar-refractivity contribution < 1.29 is 10.2 Å². The van der Waals surface area contributed by atoms with Crippen LogP contribution in [0.15, 0.2) is 18.2 Å². The lowest BCUT2D eigenvalue weighted by atomic mass is 10.0. The second-order valence-corrected chi connectivity index (χ2v) is 4.68. The van der Waals surface area contributed by atoms with E-state index < -0.39 is 0 Å².